The number of aromatic nitrogens is 1. The number of carbonyl (C=O) groups excluding carboxylic acids is 3. The first kappa shape index (κ1) is 29.3. The van der Waals surface area contributed by atoms with E-state index >= 15 is 0 Å². The average Bonchev–Trinajstić information content (AvgIpc) is 3.52. The maximum absolute atomic E-state index is 13.5. The van der Waals surface area contributed by atoms with E-state index in [1.165, 1.54) is 32.4 Å². The van der Waals surface area contributed by atoms with E-state index in [4.69, 9.17) is 14.2 Å². The van der Waals surface area contributed by atoms with Crippen molar-refractivity contribution < 1.29 is 38.8 Å². The molecule has 1 unspecified atom stereocenters. The van der Waals surface area contributed by atoms with E-state index in [-0.39, 0.29) is 32.6 Å². The number of phenolic OH excluding ortho intramolecular Hbond substituents is 1. The van der Waals surface area contributed by atoms with Crippen molar-refractivity contribution in [3.8, 4) is 17.2 Å². The molecule has 43 heavy (non-hydrogen) atoms. The first-order valence-electron chi connectivity index (χ1n) is 13.2. The standard InChI is InChI=1S/C32H28N2O8S/c1-17-7-5-6-8-21(17)16-42-22-12-9-19(10-13-22)27(36)25-26(20-11-14-23(35)24(15-20)40-3)34(30(38)28(25)37)32-33-18(2)29(43-32)31(39)41-4/h5-15,26,35-36H,16H2,1-4H3/b27-25+. The molecule has 4 aromatic rings. The lowest BCUT2D eigenvalue weighted by Crippen LogP contribution is -2.29. The number of thiazole rings is 1. The van der Waals surface area contributed by atoms with Crippen molar-refractivity contribution in [1.29, 1.82) is 0 Å². The van der Waals surface area contributed by atoms with Gasteiger partial charge in [-0.15, -0.1) is 0 Å². The Bertz CT molecular complexity index is 1760. The first-order valence-corrected chi connectivity index (χ1v) is 14.0. The van der Waals surface area contributed by atoms with Gasteiger partial charge >= 0.3 is 11.9 Å². The van der Waals surface area contributed by atoms with Crippen molar-refractivity contribution >= 4 is 39.9 Å². The number of methoxy groups -OCH3 is 2. The van der Waals surface area contributed by atoms with Gasteiger partial charge in [0.1, 0.15) is 23.0 Å². The molecule has 0 aliphatic carbocycles. The minimum Gasteiger partial charge on any atom is -0.507 e. The van der Waals surface area contributed by atoms with Crippen LogP contribution in [0.2, 0.25) is 0 Å². The van der Waals surface area contributed by atoms with Crippen LogP contribution in [0, 0.1) is 13.8 Å². The Balaban J connectivity index is 1.57. The van der Waals surface area contributed by atoms with E-state index in [9.17, 15) is 24.6 Å². The number of nitrogens with zero attached hydrogens (tertiary/aromatic N) is 2. The molecule has 3 aromatic carbocycles. The van der Waals surface area contributed by atoms with Gasteiger partial charge in [0, 0.05) is 5.56 Å². The van der Waals surface area contributed by atoms with Gasteiger partial charge in [-0.1, -0.05) is 41.7 Å². The molecule has 1 aromatic heterocycles. The summed E-state index contributed by atoms with van der Waals surface area (Å²) >= 11 is 0.889. The van der Waals surface area contributed by atoms with Gasteiger partial charge in [0.2, 0.25) is 0 Å². The third-order valence-corrected chi connectivity index (χ3v) is 8.25. The molecule has 220 valence electrons. The molecule has 1 amide bonds. The van der Waals surface area contributed by atoms with Gasteiger partial charge in [0.15, 0.2) is 16.6 Å². The summed E-state index contributed by atoms with van der Waals surface area (Å²) in [5.41, 5.74) is 2.90. The van der Waals surface area contributed by atoms with Crippen molar-refractivity contribution in [3.05, 3.63) is 105 Å². The number of aryl methyl sites for hydroxylation is 2. The molecule has 0 bridgehead atoms. The Labute approximate surface area is 251 Å². The van der Waals surface area contributed by atoms with Crippen LogP contribution in [0.25, 0.3) is 5.76 Å². The molecule has 1 aliphatic rings. The van der Waals surface area contributed by atoms with Crippen LogP contribution in [0.3, 0.4) is 0 Å². The Hall–Kier alpha value is -5.16. The summed E-state index contributed by atoms with van der Waals surface area (Å²) in [4.78, 5) is 45.0. The smallest absolute Gasteiger partial charge is 0.350 e. The maximum atomic E-state index is 13.5. The van der Waals surface area contributed by atoms with E-state index in [0.29, 0.717) is 23.6 Å². The monoisotopic (exact) mass is 600 g/mol. The van der Waals surface area contributed by atoms with Crippen LogP contribution in [-0.4, -0.2) is 47.1 Å². The van der Waals surface area contributed by atoms with E-state index in [0.717, 1.165) is 27.4 Å². The van der Waals surface area contributed by atoms with Crippen LogP contribution in [0.15, 0.2) is 72.3 Å². The third kappa shape index (κ3) is 5.54. The Morgan fingerprint density at radius 1 is 1.02 bits per heavy atom. The molecule has 0 saturated carbocycles. The first-order chi connectivity index (χ1) is 20.6. The highest BCUT2D eigenvalue weighted by Crippen LogP contribution is 2.45. The lowest BCUT2D eigenvalue weighted by molar-refractivity contribution is -0.132. The van der Waals surface area contributed by atoms with Gasteiger partial charge in [-0.25, -0.2) is 9.78 Å². The summed E-state index contributed by atoms with van der Waals surface area (Å²) in [5, 5.41) is 21.7. The summed E-state index contributed by atoms with van der Waals surface area (Å²) in [5.74, 6) is -2.43. The number of phenols is 1. The quantitative estimate of drug-likeness (QED) is 0.117. The summed E-state index contributed by atoms with van der Waals surface area (Å²) < 4.78 is 16.0. The zero-order chi connectivity index (χ0) is 30.8. The second-order valence-electron chi connectivity index (χ2n) is 9.74. The topological polar surface area (TPSA) is 135 Å². The minimum atomic E-state index is -1.15. The molecular formula is C32H28N2O8S. The van der Waals surface area contributed by atoms with Crippen LogP contribution in [0.4, 0.5) is 5.13 Å². The summed E-state index contributed by atoms with van der Waals surface area (Å²) in [6, 6.07) is 17.6. The predicted molar refractivity (Wildman–Crippen MR) is 160 cm³/mol. The van der Waals surface area contributed by atoms with Gasteiger partial charge in [0.05, 0.1) is 31.5 Å². The van der Waals surface area contributed by atoms with Gasteiger partial charge in [-0.3, -0.25) is 14.5 Å². The highest BCUT2D eigenvalue weighted by Gasteiger charge is 2.48. The number of hydrogen-bond donors (Lipinski definition) is 2. The lowest BCUT2D eigenvalue weighted by Gasteiger charge is -2.23. The highest BCUT2D eigenvalue weighted by molar-refractivity contribution is 7.17. The Morgan fingerprint density at radius 3 is 2.42 bits per heavy atom. The molecule has 5 rings (SSSR count). The third-order valence-electron chi connectivity index (χ3n) is 7.11. The molecule has 2 N–H and O–H groups in total. The number of benzene rings is 3. The molecule has 2 heterocycles. The van der Waals surface area contributed by atoms with Crippen LogP contribution in [-0.2, 0) is 20.9 Å². The largest absolute Gasteiger partial charge is 0.507 e. The summed E-state index contributed by atoms with van der Waals surface area (Å²) in [6.45, 7) is 3.94. The van der Waals surface area contributed by atoms with Crippen LogP contribution < -0.4 is 14.4 Å². The van der Waals surface area contributed by atoms with E-state index < -0.39 is 29.5 Å². The molecule has 0 radical (unpaired) electrons. The number of aliphatic hydroxyl groups is 1. The Kier molecular flexibility index (Phi) is 8.18. The summed E-state index contributed by atoms with van der Waals surface area (Å²) in [6.07, 6.45) is 0. The molecule has 1 fully saturated rings. The van der Waals surface area contributed by atoms with Crippen molar-refractivity contribution in [2.24, 2.45) is 0 Å². The average molecular weight is 601 g/mol. The number of ketones is 1. The number of Topliss-reactive ketones (excluding diaryl/α,β-unsaturated/α-hetero) is 1. The number of ether oxygens (including phenoxy) is 3. The van der Waals surface area contributed by atoms with E-state index in [2.05, 4.69) is 4.98 Å². The fourth-order valence-electron chi connectivity index (χ4n) is 4.77. The maximum Gasteiger partial charge on any atom is 0.350 e. The number of aliphatic hydroxyl groups excluding tert-OH is 1. The predicted octanol–water partition coefficient (Wildman–Crippen LogP) is 5.47. The number of aromatic hydroxyl groups is 1. The summed E-state index contributed by atoms with van der Waals surface area (Å²) in [7, 11) is 2.60. The minimum absolute atomic E-state index is 0.0658. The van der Waals surface area contributed by atoms with Crippen molar-refractivity contribution in [3.63, 3.8) is 0 Å². The van der Waals surface area contributed by atoms with Crippen LogP contribution in [0.1, 0.15) is 43.7 Å². The second-order valence-corrected chi connectivity index (χ2v) is 10.7. The van der Waals surface area contributed by atoms with E-state index in [1.54, 1.807) is 31.2 Å². The number of carbonyl (C=O) groups is 3. The fraction of sp³-hybridized carbons (Fsp3) is 0.188. The van der Waals surface area contributed by atoms with Gasteiger partial charge in [-0.2, -0.15) is 0 Å². The van der Waals surface area contributed by atoms with Gasteiger partial charge in [0.25, 0.3) is 5.78 Å². The number of anilines is 1. The zero-order valence-electron chi connectivity index (χ0n) is 23.8. The molecule has 1 aliphatic heterocycles. The van der Waals surface area contributed by atoms with Crippen molar-refractivity contribution in [2.45, 2.75) is 26.5 Å². The molecule has 10 nitrogen and oxygen atoms in total. The zero-order valence-corrected chi connectivity index (χ0v) is 24.6. The second kappa shape index (κ2) is 12.0. The molecule has 1 saturated heterocycles. The van der Waals surface area contributed by atoms with Gasteiger partial charge < -0.3 is 24.4 Å². The molecule has 11 heteroatoms. The number of rotatable bonds is 8. The van der Waals surface area contributed by atoms with Crippen molar-refractivity contribution in [1.82, 2.24) is 4.98 Å². The number of hydrogen-bond acceptors (Lipinski definition) is 10. The normalized spacial score (nSPS) is 15.9. The van der Waals surface area contributed by atoms with Crippen LogP contribution in [0.5, 0.6) is 17.2 Å². The number of amides is 1. The lowest BCUT2D eigenvalue weighted by atomic mass is 9.95. The van der Waals surface area contributed by atoms with Crippen molar-refractivity contribution in [2.75, 3.05) is 19.1 Å². The van der Waals surface area contributed by atoms with Crippen LogP contribution >= 0.6 is 11.3 Å². The molecule has 0 spiro atoms. The molecule has 1 atom stereocenters. The SMILES string of the molecule is COC(=O)c1sc(N2C(=O)C(=O)/C(=C(/O)c3ccc(OCc4ccccc4C)cc3)C2c2ccc(O)c(OC)c2)nc1C. The number of esters is 1. The molecular weight excluding hydrogens is 572 g/mol. The van der Waals surface area contributed by atoms with Gasteiger partial charge in [-0.05, 0) is 66.9 Å². The van der Waals surface area contributed by atoms with E-state index in [1.807, 2.05) is 31.2 Å². The highest BCUT2D eigenvalue weighted by atomic mass is 32.1. The Morgan fingerprint density at radius 2 is 1.74 bits per heavy atom. The fourth-order valence-corrected chi connectivity index (χ4v) is 5.79.